The van der Waals surface area contributed by atoms with Crippen molar-refractivity contribution < 1.29 is 27.5 Å². The summed E-state index contributed by atoms with van der Waals surface area (Å²) in [5, 5.41) is 11.3. The molecule has 0 atom stereocenters. The number of hydrogen-bond donors (Lipinski definition) is 1. The number of benzene rings is 2. The highest BCUT2D eigenvalue weighted by Gasteiger charge is 2.28. The number of morpholine rings is 1. The molecule has 0 aromatic heterocycles. The number of nitrogens with zero attached hydrogens (tertiary/aromatic N) is 2. The van der Waals surface area contributed by atoms with Crippen molar-refractivity contribution in [3.05, 3.63) is 58.6 Å². The Kier molecular flexibility index (Phi) is 7.25. The second-order valence-electron chi connectivity index (χ2n) is 6.48. The molecule has 0 spiro atoms. The number of nitrogens with one attached hydrogen (secondary N) is 1. The Labute approximate surface area is 184 Å². The van der Waals surface area contributed by atoms with E-state index in [-0.39, 0.29) is 47.5 Å². The molecule has 2 aromatic carbocycles. The van der Waals surface area contributed by atoms with E-state index in [9.17, 15) is 18.0 Å². The van der Waals surface area contributed by atoms with Crippen LogP contribution in [0.2, 0.25) is 5.02 Å². The molecule has 0 radical (unpaired) electrons. The van der Waals surface area contributed by atoms with Gasteiger partial charge in [-0.3, -0.25) is 4.79 Å². The van der Waals surface area contributed by atoms with Gasteiger partial charge in [0.1, 0.15) is 4.90 Å². The van der Waals surface area contributed by atoms with Gasteiger partial charge in [-0.25, -0.2) is 13.2 Å². The van der Waals surface area contributed by atoms with Crippen molar-refractivity contribution in [1.29, 1.82) is 5.26 Å². The van der Waals surface area contributed by atoms with E-state index < -0.39 is 28.5 Å². The van der Waals surface area contributed by atoms with Gasteiger partial charge < -0.3 is 14.8 Å². The van der Waals surface area contributed by atoms with Crippen molar-refractivity contribution in [1.82, 2.24) is 4.31 Å². The van der Waals surface area contributed by atoms with Crippen LogP contribution in [0.15, 0.2) is 47.4 Å². The van der Waals surface area contributed by atoms with E-state index in [0.29, 0.717) is 5.56 Å². The van der Waals surface area contributed by atoms with Gasteiger partial charge in [0.15, 0.2) is 6.61 Å². The molecule has 0 unspecified atom stereocenters. The maximum Gasteiger partial charge on any atom is 0.338 e. The van der Waals surface area contributed by atoms with Crippen LogP contribution in [0, 0.1) is 11.3 Å². The number of sulfonamides is 1. The molecule has 3 rings (SSSR count). The van der Waals surface area contributed by atoms with E-state index in [0.717, 1.165) is 0 Å². The first-order valence-corrected chi connectivity index (χ1v) is 11.0. The number of halogens is 1. The molecule has 1 aliphatic rings. The molecule has 1 heterocycles. The number of carbonyl (C=O) groups excluding carboxylic acids is 2. The van der Waals surface area contributed by atoms with Crippen molar-refractivity contribution in [3.63, 3.8) is 0 Å². The molecular weight excluding hydrogens is 446 g/mol. The number of hydrogen-bond acceptors (Lipinski definition) is 7. The lowest BCUT2D eigenvalue weighted by Gasteiger charge is -2.26. The molecule has 1 N–H and O–H groups in total. The molecule has 0 aliphatic carbocycles. The zero-order valence-corrected chi connectivity index (χ0v) is 17.8. The number of rotatable bonds is 6. The second-order valence-corrected chi connectivity index (χ2v) is 8.79. The molecule has 2 aromatic rings. The van der Waals surface area contributed by atoms with E-state index in [2.05, 4.69) is 5.32 Å². The zero-order chi connectivity index (χ0) is 22.4. The normalized spacial score (nSPS) is 14.5. The number of nitriles is 1. The first-order valence-electron chi connectivity index (χ1n) is 9.16. The van der Waals surface area contributed by atoms with Gasteiger partial charge in [0, 0.05) is 18.8 Å². The van der Waals surface area contributed by atoms with Gasteiger partial charge in [0.05, 0.1) is 35.4 Å². The van der Waals surface area contributed by atoms with Gasteiger partial charge in [-0.05, 0) is 42.5 Å². The summed E-state index contributed by atoms with van der Waals surface area (Å²) < 4.78 is 37.1. The third kappa shape index (κ3) is 5.59. The number of anilines is 1. The summed E-state index contributed by atoms with van der Waals surface area (Å²) in [7, 11) is -3.86. The smallest absolute Gasteiger partial charge is 0.338 e. The van der Waals surface area contributed by atoms with Gasteiger partial charge in [0.2, 0.25) is 10.0 Å². The summed E-state index contributed by atoms with van der Waals surface area (Å²) in [6.07, 6.45) is 0. The first kappa shape index (κ1) is 22.7. The van der Waals surface area contributed by atoms with Gasteiger partial charge in [0.25, 0.3) is 5.91 Å². The van der Waals surface area contributed by atoms with Crippen LogP contribution in [0.5, 0.6) is 0 Å². The topological polar surface area (TPSA) is 126 Å². The fourth-order valence-corrected chi connectivity index (χ4v) is 4.71. The predicted molar refractivity (Wildman–Crippen MR) is 111 cm³/mol. The highest BCUT2D eigenvalue weighted by molar-refractivity contribution is 7.89. The Morgan fingerprint density at radius 1 is 1.16 bits per heavy atom. The monoisotopic (exact) mass is 463 g/mol. The van der Waals surface area contributed by atoms with Gasteiger partial charge >= 0.3 is 5.97 Å². The molecule has 1 fully saturated rings. The predicted octanol–water partition coefficient (Wildman–Crippen LogP) is 2.03. The zero-order valence-electron chi connectivity index (χ0n) is 16.2. The van der Waals surface area contributed by atoms with Crippen molar-refractivity contribution >= 4 is 39.2 Å². The van der Waals surface area contributed by atoms with E-state index in [1.54, 1.807) is 0 Å². The Hall–Kier alpha value is -2.97. The van der Waals surface area contributed by atoms with Crippen LogP contribution in [-0.2, 0) is 24.3 Å². The lowest BCUT2D eigenvalue weighted by molar-refractivity contribution is -0.119. The van der Waals surface area contributed by atoms with Gasteiger partial charge in [-0.15, -0.1) is 0 Å². The molecule has 0 bridgehead atoms. The number of ether oxygens (including phenoxy) is 2. The van der Waals surface area contributed by atoms with Crippen molar-refractivity contribution in [2.75, 3.05) is 38.2 Å². The summed E-state index contributed by atoms with van der Waals surface area (Å²) in [4.78, 5) is 24.0. The summed E-state index contributed by atoms with van der Waals surface area (Å²) in [6.45, 7) is 0.421. The standard InChI is InChI=1S/C20H18ClN3O6S/c21-17-6-5-16(11-18(17)31(27,28)24-7-9-29-10-8-24)23-19(25)13-30-20(26)15-3-1-14(12-22)2-4-15/h1-6,11H,7-10,13H2,(H,23,25). The van der Waals surface area contributed by atoms with Crippen molar-refractivity contribution in [3.8, 4) is 6.07 Å². The SMILES string of the molecule is N#Cc1ccc(C(=O)OCC(=O)Nc2ccc(Cl)c(S(=O)(=O)N3CCOCC3)c2)cc1. The fourth-order valence-electron chi connectivity index (χ4n) is 2.80. The summed E-state index contributed by atoms with van der Waals surface area (Å²) >= 11 is 6.09. The molecule has 11 heteroatoms. The molecule has 1 aliphatic heterocycles. The van der Waals surface area contributed by atoms with Crippen LogP contribution in [0.1, 0.15) is 15.9 Å². The van der Waals surface area contributed by atoms with Gasteiger partial charge in [-0.1, -0.05) is 11.6 Å². The summed E-state index contributed by atoms with van der Waals surface area (Å²) in [5.74, 6) is -1.38. The molecule has 162 valence electrons. The Morgan fingerprint density at radius 2 is 1.84 bits per heavy atom. The summed E-state index contributed by atoms with van der Waals surface area (Å²) in [6, 6.07) is 11.8. The number of esters is 1. The Balaban J connectivity index is 1.64. The van der Waals surface area contributed by atoms with Crippen LogP contribution >= 0.6 is 11.6 Å². The van der Waals surface area contributed by atoms with Crippen LogP contribution in [0.3, 0.4) is 0 Å². The Morgan fingerprint density at radius 3 is 2.48 bits per heavy atom. The molecule has 1 amide bonds. The average molecular weight is 464 g/mol. The lowest BCUT2D eigenvalue weighted by Crippen LogP contribution is -2.40. The molecule has 9 nitrogen and oxygen atoms in total. The van der Waals surface area contributed by atoms with Crippen LogP contribution in [0.4, 0.5) is 5.69 Å². The molecular formula is C20H18ClN3O6S. The number of amides is 1. The minimum Gasteiger partial charge on any atom is -0.452 e. The fraction of sp³-hybridized carbons (Fsp3) is 0.250. The summed E-state index contributed by atoms with van der Waals surface area (Å²) in [5.41, 5.74) is 0.771. The van der Waals surface area contributed by atoms with Crippen LogP contribution in [-0.4, -0.2) is 57.5 Å². The van der Waals surface area contributed by atoms with Crippen molar-refractivity contribution in [2.45, 2.75) is 4.90 Å². The lowest BCUT2D eigenvalue weighted by atomic mass is 10.1. The van der Waals surface area contributed by atoms with Crippen LogP contribution < -0.4 is 5.32 Å². The quantitative estimate of drug-likeness (QED) is 0.649. The highest BCUT2D eigenvalue weighted by Crippen LogP contribution is 2.28. The third-order valence-electron chi connectivity index (χ3n) is 4.39. The molecule has 0 saturated carbocycles. The highest BCUT2D eigenvalue weighted by atomic mass is 35.5. The van der Waals surface area contributed by atoms with E-state index in [4.69, 9.17) is 26.3 Å². The van der Waals surface area contributed by atoms with Gasteiger partial charge in [-0.2, -0.15) is 9.57 Å². The van der Waals surface area contributed by atoms with E-state index in [1.807, 2.05) is 6.07 Å². The largest absolute Gasteiger partial charge is 0.452 e. The van der Waals surface area contributed by atoms with E-state index in [1.165, 1.54) is 46.8 Å². The minimum atomic E-state index is -3.86. The maximum absolute atomic E-state index is 12.8. The first-order chi connectivity index (χ1) is 14.8. The molecule has 31 heavy (non-hydrogen) atoms. The number of carbonyl (C=O) groups is 2. The third-order valence-corrected chi connectivity index (χ3v) is 6.77. The average Bonchev–Trinajstić information content (AvgIpc) is 2.79. The second kappa shape index (κ2) is 9.89. The Bertz CT molecular complexity index is 1120. The van der Waals surface area contributed by atoms with E-state index >= 15 is 0 Å². The minimum absolute atomic E-state index is 0.0248. The molecule has 1 saturated heterocycles. The van der Waals surface area contributed by atoms with Crippen molar-refractivity contribution in [2.24, 2.45) is 0 Å². The maximum atomic E-state index is 12.8. The van der Waals surface area contributed by atoms with Crippen LogP contribution in [0.25, 0.3) is 0 Å².